The number of carbonyl (C=O) groups is 1. The van der Waals surface area contributed by atoms with Crippen LogP contribution in [-0.4, -0.2) is 79.6 Å². The molecular weight excluding hydrogens is 494 g/mol. The van der Waals surface area contributed by atoms with E-state index in [2.05, 4.69) is 55.3 Å². The van der Waals surface area contributed by atoms with E-state index in [9.17, 15) is 4.79 Å². The van der Waals surface area contributed by atoms with Crippen molar-refractivity contribution < 1.29 is 4.79 Å². The molecule has 0 spiro atoms. The first-order valence-electron chi connectivity index (χ1n) is 13.9. The fourth-order valence-corrected chi connectivity index (χ4v) is 5.57. The van der Waals surface area contributed by atoms with Crippen molar-refractivity contribution in [2.75, 3.05) is 63.8 Å². The number of pyridine rings is 1. The van der Waals surface area contributed by atoms with Crippen molar-refractivity contribution in [2.45, 2.75) is 25.7 Å². The van der Waals surface area contributed by atoms with Gasteiger partial charge in [0.2, 0.25) is 0 Å². The number of piperazine rings is 1. The molecule has 2 aliphatic rings. The topological polar surface area (TPSA) is 51.7 Å². The average Bonchev–Trinajstić information content (AvgIpc) is 3.49. The van der Waals surface area contributed by atoms with Crippen LogP contribution >= 0.6 is 11.6 Å². The molecular formula is C31H38ClN5O. The summed E-state index contributed by atoms with van der Waals surface area (Å²) >= 11 is 6.02. The Morgan fingerprint density at radius 2 is 1.61 bits per heavy atom. The van der Waals surface area contributed by atoms with Crippen molar-refractivity contribution >= 4 is 23.2 Å². The van der Waals surface area contributed by atoms with Crippen LogP contribution in [0.3, 0.4) is 0 Å². The molecule has 0 saturated carbocycles. The van der Waals surface area contributed by atoms with Crippen LogP contribution in [0, 0.1) is 0 Å². The average molecular weight is 532 g/mol. The molecule has 6 nitrogen and oxygen atoms in total. The highest BCUT2D eigenvalue weighted by atomic mass is 35.5. The zero-order valence-electron chi connectivity index (χ0n) is 22.1. The SMILES string of the molecule is O=C(NCCCN1CCCC1)c1ccnc(-c2ccccc2N2CCN(CCc3ccc(Cl)cc3)CC2)c1. The molecule has 0 unspecified atom stereocenters. The molecule has 2 aliphatic heterocycles. The maximum atomic E-state index is 12.9. The summed E-state index contributed by atoms with van der Waals surface area (Å²) < 4.78 is 0. The second-order valence-corrected chi connectivity index (χ2v) is 10.7. The van der Waals surface area contributed by atoms with Gasteiger partial charge in [-0.15, -0.1) is 0 Å². The molecule has 2 aromatic carbocycles. The van der Waals surface area contributed by atoms with Crippen LogP contribution in [0.4, 0.5) is 5.69 Å². The fraction of sp³-hybridized carbons (Fsp3) is 0.419. The normalized spacial score (nSPS) is 16.6. The van der Waals surface area contributed by atoms with Crippen LogP contribution in [0.25, 0.3) is 11.3 Å². The summed E-state index contributed by atoms with van der Waals surface area (Å²) in [5.41, 5.74) is 5.09. The quantitative estimate of drug-likeness (QED) is 0.374. The van der Waals surface area contributed by atoms with Crippen molar-refractivity contribution in [1.29, 1.82) is 0 Å². The lowest BCUT2D eigenvalue weighted by atomic mass is 10.0. The van der Waals surface area contributed by atoms with E-state index in [1.165, 1.54) is 37.2 Å². The highest BCUT2D eigenvalue weighted by Crippen LogP contribution is 2.30. The maximum absolute atomic E-state index is 12.9. The lowest BCUT2D eigenvalue weighted by molar-refractivity contribution is 0.0952. The first kappa shape index (κ1) is 26.7. The highest BCUT2D eigenvalue weighted by molar-refractivity contribution is 6.30. The van der Waals surface area contributed by atoms with Gasteiger partial charge in [0.05, 0.1) is 5.69 Å². The predicted octanol–water partition coefficient (Wildman–Crippen LogP) is 4.98. The number of rotatable bonds is 10. The summed E-state index contributed by atoms with van der Waals surface area (Å²) in [6.07, 6.45) is 6.37. The first-order chi connectivity index (χ1) is 18.7. The van der Waals surface area contributed by atoms with Crippen molar-refractivity contribution in [2.24, 2.45) is 0 Å². The predicted molar refractivity (Wildman–Crippen MR) is 156 cm³/mol. The lowest BCUT2D eigenvalue weighted by Crippen LogP contribution is -2.47. The minimum atomic E-state index is -0.0261. The van der Waals surface area contributed by atoms with Gasteiger partial charge in [-0.25, -0.2) is 0 Å². The van der Waals surface area contributed by atoms with E-state index in [1.807, 2.05) is 24.3 Å². The molecule has 0 radical (unpaired) electrons. The molecule has 1 amide bonds. The van der Waals surface area contributed by atoms with Gasteiger partial charge in [-0.2, -0.15) is 0 Å². The number of likely N-dealkylation sites (tertiary alicyclic amines) is 1. The van der Waals surface area contributed by atoms with E-state index >= 15 is 0 Å². The van der Waals surface area contributed by atoms with Crippen molar-refractivity contribution in [1.82, 2.24) is 20.1 Å². The van der Waals surface area contributed by atoms with Gasteiger partial charge in [0.1, 0.15) is 0 Å². The Morgan fingerprint density at radius 3 is 2.39 bits per heavy atom. The smallest absolute Gasteiger partial charge is 0.251 e. The molecule has 2 fully saturated rings. The number of hydrogen-bond donors (Lipinski definition) is 1. The number of amides is 1. The van der Waals surface area contributed by atoms with E-state index in [4.69, 9.17) is 11.6 Å². The van der Waals surface area contributed by atoms with Gasteiger partial charge < -0.3 is 15.1 Å². The summed E-state index contributed by atoms with van der Waals surface area (Å²) in [7, 11) is 0. The Hall–Kier alpha value is -2.93. The minimum absolute atomic E-state index is 0.0261. The largest absolute Gasteiger partial charge is 0.368 e. The Kier molecular flexibility index (Phi) is 9.28. The second-order valence-electron chi connectivity index (χ2n) is 10.3. The van der Waals surface area contributed by atoms with Gasteiger partial charge >= 0.3 is 0 Å². The number of carbonyl (C=O) groups excluding carboxylic acids is 1. The van der Waals surface area contributed by atoms with Crippen molar-refractivity contribution in [3.8, 4) is 11.3 Å². The van der Waals surface area contributed by atoms with Crippen LogP contribution < -0.4 is 10.2 Å². The molecule has 0 bridgehead atoms. The van der Waals surface area contributed by atoms with Gasteiger partial charge in [0.25, 0.3) is 5.91 Å². The minimum Gasteiger partial charge on any atom is -0.368 e. The molecule has 200 valence electrons. The molecule has 0 atom stereocenters. The number of hydrogen-bond acceptors (Lipinski definition) is 5. The molecule has 7 heteroatoms. The number of nitrogens with one attached hydrogen (secondary N) is 1. The van der Waals surface area contributed by atoms with Gasteiger partial charge in [0, 0.05) is 67.3 Å². The zero-order valence-corrected chi connectivity index (χ0v) is 22.9. The molecule has 1 aromatic heterocycles. The number of para-hydroxylation sites is 1. The van der Waals surface area contributed by atoms with Crippen LogP contribution in [0.5, 0.6) is 0 Å². The molecule has 5 rings (SSSR count). The summed E-state index contributed by atoms with van der Waals surface area (Å²) in [5, 5.41) is 3.88. The molecule has 0 aliphatic carbocycles. The van der Waals surface area contributed by atoms with E-state index < -0.39 is 0 Å². The zero-order chi connectivity index (χ0) is 26.2. The van der Waals surface area contributed by atoms with Gasteiger partial charge in [-0.3, -0.25) is 14.7 Å². The summed E-state index contributed by atoms with van der Waals surface area (Å²) in [6.45, 7) is 9.18. The Labute approximate surface area is 231 Å². The second kappa shape index (κ2) is 13.2. The highest BCUT2D eigenvalue weighted by Gasteiger charge is 2.20. The van der Waals surface area contributed by atoms with Crippen LogP contribution in [0.2, 0.25) is 5.02 Å². The monoisotopic (exact) mass is 531 g/mol. The molecule has 1 N–H and O–H groups in total. The molecule has 3 aromatic rings. The molecule has 38 heavy (non-hydrogen) atoms. The van der Waals surface area contributed by atoms with Gasteiger partial charge in [-0.1, -0.05) is 41.9 Å². The van der Waals surface area contributed by atoms with Gasteiger partial charge in [-0.05, 0) is 81.2 Å². The third-order valence-electron chi connectivity index (χ3n) is 7.68. The van der Waals surface area contributed by atoms with E-state index in [-0.39, 0.29) is 5.91 Å². The number of nitrogens with zero attached hydrogens (tertiary/aromatic N) is 4. The van der Waals surface area contributed by atoms with E-state index in [0.717, 1.165) is 68.4 Å². The Balaban J connectivity index is 1.16. The molecule has 2 saturated heterocycles. The Morgan fingerprint density at radius 1 is 0.868 bits per heavy atom. The lowest BCUT2D eigenvalue weighted by Gasteiger charge is -2.37. The van der Waals surface area contributed by atoms with Crippen molar-refractivity contribution in [3.05, 3.63) is 83.0 Å². The van der Waals surface area contributed by atoms with E-state index in [0.29, 0.717) is 12.1 Å². The maximum Gasteiger partial charge on any atom is 0.251 e. The third-order valence-corrected chi connectivity index (χ3v) is 7.93. The Bertz CT molecular complexity index is 1190. The summed E-state index contributed by atoms with van der Waals surface area (Å²) in [6, 6.07) is 20.3. The van der Waals surface area contributed by atoms with Crippen molar-refractivity contribution in [3.63, 3.8) is 0 Å². The first-order valence-corrected chi connectivity index (χ1v) is 14.3. The summed E-state index contributed by atoms with van der Waals surface area (Å²) in [5.74, 6) is -0.0261. The number of halogens is 1. The number of benzene rings is 2. The van der Waals surface area contributed by atoms with Gasteiger partial charge in [0.15, 0.2) is 0 Å². The standard InChI is InChI=1S/C31H38ClN5O/c32-27-10-8-25(9-11-27)13-19-36-20-22-37(23-21-36)30-7-2-1-6-28(30)29-24-26(12-15-33-29)31(38)34-14-5-18-35-16-3-4-17-35/h1-2,6-12,15,24H,3-5,13-14,16-23H2,(H,34,38). The van der Waals surface area contributed by atoms with Crippen LogP contribution in [0.1, 0.15) is 35.2 Å². The summed E-state index contributed by atoms with van der Waals surface area (Å²) in [4.78, 5) is 25.0. The number of anilines is 1. The number of aromatic nitrogens is 1. The third kappa shape index (κ3) is 7.13. The van der Waals surface area contributed by atoms with Crippen LogP contribution in [-0.2, 0) is 6.42 Å². The fourth-order valence-electron chi connectivity index (χ4n) is 5.45. The van der Waals surface area contributed by atoms with Crippen LogP contribution in [0.15, 0.2) is 66.9 Å². The van der Waals surface area contributed by atoms with E-state index in [1.54, 1.807) is 12.3 Å². The molecule has 3 heterocycles.